The molecule has 0 nitrogen and oxygen atoms in total. The topological polar surface area (TPSA) is 0 Å². The molecule has 0 atom stereocenters. The van der Waals surface area contributed by atoms with Crippen LogP contribution >= 0.6 is 68.0 Å². The Morgan fingerprint density at radius 3 is 1.02 bits per heavy atom. The van der Waals surface area contributed by atoms with Crippen LogP contribution in [0.4, 0.5) is 0 Å². The third-order valence-corrected chi connectivity index (χ3v) is 17.0. The molecule has 6 aromatic heterocycles. The van der Waals surface area contributed by atoms with E-state index in [1.165, 1.54) is 140 Å². The number of hydrogen-bond acceptors (Lipinski definition) is 6. The van der Waals surface area contributed by atoms with Crippen LogP contribution in [0.2, 0.25) is 0 Å². The predicted octanol–water partition coefficient (Wildman–Crippen LogP) is 15.6. The van der Waals surface area contributed by atoms with E-state index in [-0.39, 0.29) is 0 Å². The van der Waals surface area contributed by atoms with Crippen molar-refractivity contribution in [3.8, 4) is 30.6 Å². The number of aryl methyl sites for hydroxylation is 6. The summed E-state index contributed by atoms with van der Waals surface area (Å²) in [7, 11) is 0. The van der Waals surface area contributed by atoms with Crippen LogP contribution < -0.4 is 0 Å². The lowest BCUT2D eigenvalue weighted by Gasteiger charge is -2.11. The number of rotatable bonds is 9. The Hall–Kier alpha value is -2.32. The first-order chi connectivity index (χ1) is 22.3. The highest BCUT2D eigenvalue weighted by atomic mass is 32.1. The zero-order valence-corrected chi connectivity index (χ0v) is 32.2. The fourth-order valence-corrected chi connectivity index (χ4v) is 15.6. The maximum atomic E-state index is 2.45. The van der Waals surface area contributed by atoms with Crippen LogP contribution in [0, 0.1) is 27.7 Å². The van der Waals surface area contributed by atoms with Crippen LogP contribution in [0.15, 0.2) is 48.5 Å². The van der Waals surface area contributed by atoms with Gasteiger partial charge in [-0.15, -0.1) is 68.0 Å². The summed E-state index contributed by atoms with van der Waals surface area (Å²) in [6, 6.07) is 19.5. The maximum Gasteiger partial charge on any atom is 0.0636 e. The van der Waals surface area contributed by atoms with Gasteiger partial charge in [0, 0.05) is 38.3 Å². The van der Waals surface area contributed by atoms with Gasteiger partial charge in [0.25, 0.3) is 0 Å². The highest BCUT2D eigenvalue weighted by Crippen LogP contribution is 2.53. The summed E-state index contributed by atoms with van der Waals surface area (Å²) >= 11 is 11.9. The van der Waals surface area contributed by atoms with Crippen LogP contribution in [-0.4, -0.2) is 0 Å². The van der Waals surface area contributed by atoms with Crippen LogP contribution in [0.1, 0.15) is 72.9 Å². The van der Waals surface area contributed by atoms with E-state index >= 15 is 0 Å². The second kappa shape index (κ2) is 12.3. The number of fused-ring (bicyclic) bond motifs is 6. The first-order valence-corrected chi connectivity index (χ1v) is 21.3. The number of thiophene rings is 6. The second-order valence-electron chi connectivity index (χ2n) is 12.8. The normalized spacial score (nSPS) is 12.2. The van der Waals surface area contributed by atoms with Crippen molar-refractivity contribution in [2.45, 2.75) is 80.1 Å². The average Bonchev–Trinajstić information content (AvgIpc) is 3.83. The van der Waals surface area contributed by atoms with Gasteiger partial charge < -0.3 is 0 Å². The van der Waals surface area contributed by atoms with Gasteiger partial charge >= 0.3 is 0 Å². The third-order valence-electron chi connectivity index (χ3n) is 9.20. The molecule has 0 N–H and O–H groups in total. The Morgan fingerprint density at radius 2 is 0.696 bits per heavy atom. The van der Waals surface area contributed by atoms with E-state index in [0.717, 1.165) is 0 Å². The highest BCUT2D eigenvalue weighted by molar-refractivity contribution is 7.42. The predicted molar refractivity (Wildman–Crippen MR) is 216 cm³/mol. The van der Waals surface area contributed by atoms with Crippen LogP contribution in [0.3, 0.4) is 0 Å². The number of benzene rings is 2. The molecule has 6 heteroatoms. The van der Waals surface area contributed by atoms with Crippen molar-refractivity contribution in [2.75, 3.05) is 0 Å². The molecule has 0 saturated heterocycles. The Labute approximate surface area is 296 Å². The highest BCUT2D eigenvalue weighted by Gasteiger charge is 2.20. The molecular weight excluding hydrogens is 673 g/mol. The first-order valence-electron chi connectivity index (χ1n) is 16.4. The van der Waals surface area contributed by atoms with E-state index in [1.807, 2.05) is 68.0 Å². The molecule has 0 bridgehead atoms. The minimum absolute atomic E-state index is 1.18. The average molecular weight is 711 g/mol. The lowest BCUT2D eigenvalue weighted by atomic mass is 9.96. The van der Waals surface area contributed by atoms with Crippen molar-refractivity contribution < 1.29 is 0 Å². The van der Waals surface area contributed by atoms with Crippen molar-refractivity contribution in [1.29, 1.82) is 0 Å². The minimum Gasteiger partial charge on any atom is -0.133 e. The monoisotopic (exact) mass is 710 g/mol. The summed E-state index contributed by atoms with van der Waals surface area (Å²) in [5.41, 5.74) is 11.5. The van der Waals surface area contributed by atoms with Crippen molar-refractivity contribution >= 4 is 106 Å². The fourth-order valence-electron chi connectivity index (χ4n) is 7.09. The molecule has 0 fully saturated rings. The van der Waals surface area contributed by atoms with Crippen LogP contribution in [0.5, 0.6) is 0 Å². The van der Waals surface area contributed by atoms with Crippen molar-refractivity contribution in [3.63, 3.8) is 0 Å². The van der Waals surface area contributed by atoms with Gasteiger partial charge in [0.15, 0.2) is 0 Å². The van der Waals surface area contributed by atoms with Gasteiger partial charge in [-0.3, -0.25) is 0 Å². The zero-order valence-electron chi connectivity index (χ0n) is 27.3. The lowest BCUT2D eigenvalue weighted by Crippen LogP contribution is -1.92. The Kier molecular flexibility index (Phi) is 8.27. The largest absolute Gasteiger partial charge is 0.133 e. The molecule has 0 saturated carbocycles. The second-order valence-corrected chi connectivity index (χ2v) is 19.2. The fraction of sp³-hybridized carbons (Fsp3) is 0.300. The zero-order chi connectivity index (χ0) is 31.7. The Bertz CT molecular complexity index is 2180. The summed E-state index contributed by atoms with van der Waals surface area (Å²) < 4.78 is 11.6. The standard InChI is InChI=1S/C40H38S6/c1-7-9-11-25-13-21(3)35(22(4)14-25)29-19-33-39(45-29)37-31(41-33)17-27(43-37)28-18-32-38(44-28)40-34(42-32)20-30(46-40)36-23(5)15-26(12-10-8-2)16-24(36)6/h13-20H,7-12H2,1-6H3. The SMILES string of the molecule is CCCCc1cc(C)c(-c2cc3sc4cc(-c5cc6sc7cc(-c8c(C)cc(CCCC)cc8C)sc7c6s5)sc4c3s2)c(C)c1. The summed E-state index contributed by atoms with van der Waals surface area (Å²) in [5, 5.41) is 0. The number of unbranched alkanes of at least 4 members (excludes halogenated alkanes) is 2. The molecule has 234 valence electrons. The first kappa shape index (κ1) is 31.0. The third kappa shape index (κ3) is 5.34. The molecule has 8 aromatic rings. The van der Waals surface area contributed by atoms with Crippen molar-refractivity contribution in [2.24, 2.45) is 0 Å². The van der Waals surface area contributed by atoms with Crippen LogP contribution in [0.25, 0.3) is 68.2 Å². The summed E-state index contributed by atoms with van der Waals surface area (Å²) in [6.07, 6.45) is 7.39. The molecule has 0 aliphatic heterocycles. The van der Waals surface area contributed by atoms with E-state index in [0.29, 0.717) is 0 Å². The maximum absolute atomic E-state index is 2.45. The molecular formula is C40H38S6. The molecule has 0 spiro atoms. The van der Waals surface area contributed by atoms with Crippen LogP contribution in [-0.2, 0) is 12.8 Å². The Balaban J connectivity index is 1.12. The molecule has 0 radical (unpaired) electrons. The molecule has 8 rings (SSSR count). The lowest BCUT2D eigenvalue weighted by molar-refractivity contribution is 0.794. The van der Waals surface area contributed by atoms with Gasteiger partial charge in [-0.1, -0.05) is 51.0 Å². The van der Waals surface area contributed by atoms with Gasteiger partial charge in [-0.25, -0.2) is 0 Å². The quantitative estimate of drug-likeness (QED) is 0.140. The molecule has 2 aromatic carbocycles. The smallest absolute Gasteiger partial charge is 0.0636 e. The summed E-state index contributed by atoms with van der Waals surface area (Å²) in [6.45, 7) is 13.7. The molecule has 0 amide bonds. The molecule has 0 unspecified atom stereocenters. The van der Waals surface area contributed by atoms with Gasteiger partial charge in [-0.2, -0.15) is 0 Å². The van der Waals surface area contributed by atoms with Crippen molar-refractivity contribution in [3.05, 3.63) is 81.9 Å². The summed E-state index contributed by atoms with van der Waals surface area (Å²) in [4.78, 5) is 5.67. The summed E-state index contributed by atoms with van der Waals surface area (Å²) in [5.74, 6) is 0. The Morgan fingerprint density at radius 1 is 0.391 bits per heavy atom. The molecule has 6 heterocycles. The van der Waals surface area contributed by atoms with E-state index in [2.05, 4.69) is 90.1 Å². The molecule has 0 aliphatic carbocycles. The van der Waals surface area contributed by atoms with Gasteiger partial charge in [-0.05, 0) is 122 Å². The molecule has 46 heavy (non-hydrogen) atoms. The van der Waals surface area contributed by atoms with Gasteiger partial charge in [0.1, 0.15) is 0 Å². The minimum atomic E-state index is 1.18. The van der Waals surface area contributed by atoms with Gasteiger partial charge in [0.05, 0.1) is 18.8 Å². The van der Waals surface area contributed by atoms with E-state index < -0.39 is 0 Å². The van der Waals surface area contributed by atoms with Crippen molar-refractivity contribution in [1.82, 2.24) is 0 Å². The van der Waals surface area contributed by atoms with Gasteiger partial charge in [0.2, 0.25) is 0 Å². The van der Waals surface area contributed by atoms with E-state index in [1.54, 1.807) is 0 Å². The van der Waals surface area contributed by atoms with E-state index in [9.17, 15) is 0 Å². The van der Waals surface area contributed by atoms with E-state index in [4.69, 9.17) is 0 Å². The number of hydrogen-bond donors (Lipinski definition) is 0. The molecule has 0 aliphatic rings.